The molecule has 0 atom stereocenters. The van der Waals surface area contributed by atoms with Gasteiger partial charge in [-0.2, -0.15) is 0 Å². The summed E-state index contributed by atoms with van der Waals surface area (Å²) >= 11 is 4.59. The molecule has 2 N–H and O–H groups in total. The SMILES string of the molecule is NC([S-])=Nc1ccccc1.[Y+3]. The Morgan fingerprint density at radius 2 is 1.82 bits per heavy atom. The first-order valence-electron chi connectivity index (χ1n) is 2.85. The van der Waals surface area contributed by atoms with Crippen LogP contribution in [-0.4, -0.2) is 5.17 Å². The summed E-state index contributed by atoms with van der Waals surface area (Å²) in [6, 6.07) is 9.38. The summed E-state index contributed by atoms with van der Waals surface area (Å²) in [5.74, 6) is 0. The Labute approximate surface area is 96.6 Å². The van der Waals surface area contributed by atoms with Crippen LogP contribution in [-0.2, 0) is 45.3 Å². The summed E-state index contributed by atoms with van der Waals surface area (Å²) in [5, 5.41) is 0.172. The van der Waals surface area contributed by atoms with Gasteiger partial charge in [-0.15, -0.1) is 0 Å². The first-order chi connectivity index (χ1) is 4.79. The minimum atomic E-state index is 0. The third kappa shape index (κ3) is 4.46. The van der Waals surface area contributed by atoms with E-state index in [1.807, 2.05) is 30.3 Å². The van der Waals surface area contributed by atoms with Crippen LogP contribution in [0.15, 0.2) is 35.3 Å². The molecule has 1 aromatic carbocycles. The maximum atomic E-state index is 5.19. The van der Waals surface area contributed by atoms with Gasteiger partial charge in [0.2, 0.25) is 0 Å². The van der Waals surface area contributed by atoms with Crippen molar-refractivity contribution in [2.75, 3.05) is 0 Å². The van der Waals surface area contributed by atoms with Gasteiger partial charge in [-0.25, -0.2) is 0 Å². The Bertz CT molecular complexity index is 231. The minimum Gasteiger partial charge on any atom is -0.743 e. The number of rotatable bonds is 1. The van der Waals surface area contributed by atoms with Gasteiger partial charge in [0.1, 0.15) is 0 Å². The molecule has 0 spiro atoms. The molecule has 52 valence electrons. The predicted octanol–water partition coefficient (Wildman–Crippen LogP) is 1.18. The van der Waals surface area contributed by atoms with Gasteiger partial charge in [0.25, 0.3) is 0 Å². The molecule has 0 aliphatic carbocycles. The fourth-order valence-electron chi connectivity index (χ4n) is 0.630. The second-order valence-corrected chi connectivity index (χ2v) is 2.20. The van der Waals surface area contributed by atoms with Gasteiger partial charge < -0.3 is 18.4 Å². The zero-order chi connectivity index (χ0) is 7.40. The third-order valence-electron chi connectivity index (χ3n) is 0.995. The van der Waals surface area contributed by atoms with E-state index < -0.39 is 0 Å². The van der Waals surface area contributed by atoms with E-state index in [9.17, 15) is 0 Å². The quantitative estimate of drug-likeness (QED) is 0.454. The molecule has 0 heterocycles. The van der Waals surface area contributed by atoms with E-state index in [1.165, 1.54) is 0 Å². The number of hydrogen-bond acceptors (Lipinski definition) is 2. The normalized spacial score (nSPS) is 10.4. The largest absolute Gasteiger partial charge is 3.00 e. The number of aliphatic imine (C=N–C) groups is 1. The van der Waals surface area contributed by atoms with Crippen molar-refractivity contribution in [1.82, 2.24) is 0 Å². The van der Waals surface area contributed by atoms with Crippen LogP contribution < -0.4 is 5.73 Å². The van der Waals surface area contributed by atoms with Gasteiger partial charge in [-0.1, -0.05) is 18.2 Å². The summed E-state index contributed by atoms with van der Waals surface area (Å²) in [5.41, 5.74) is 5.99. The van der Waals surface area contributed by atoms with Crippen molar-refractivity contribution in [2.45, 2.75) is 0 Å². The van der Waals surface area contributed by atoms with Crippen LogP contribution >= 0.6 is 0 Å². The molecule has 1 rings (SSSR count). The molecule has 1 aromatic rings. The number of para-hydroxylation sites is 1. The van der Waals surface area contributed by atoms with E-state index in [1.54, 1.807) is 0 Å². The van der Waals surface area contributed by atoms with Gasteiger partial charge in [0.15, 0.2) is 0 Å². The average molecular weight is 240 g/mol. The van der Waals surface area contributed by atoms with E-state index in [0.717, 1.165) is 5.69 Å². The van der Waals surface area contributed by atoms with Gasteiger partial charge in [0.05, 0.1) is 5.69 Å². The maximum Gasteiger partial charge on any atom is 3.00 e. The summed E-state index contributed by atoms with van der Waals surface area (Å²) in [6.45, 7) is 0. The van der Waals surface area contributed by atoms with E-state index in [-0.39, 0.29) is 37.9 Å². The number of hydrogen-bond donors (Lipinski definition) is 1. The monoisotopic (exact) mass is 240 g/mol. The van der Waals surface area contributed by atoms with Crippen LogP contribution in [0.1, 0.15) is 0 Å². The second kappa shape index (κ2) is 5.64. The van der Waals surface area contributed by atoms with Gasteiger partial charge >= 0.3 is 32.7 Å². The van der Waals surface area contributed by atoms with E-state index in [2.05, 4.69) is 17.6 Å². The molecular formula is C7H7N2SY+2. The molecule has 0 radical (unpaired) electrons. The summed E-state index contributed by atoms with van der Waals surface area (Å²) < 4.78 is 0. The summed E-state index contributed by atoms with van der Waals surface area (Å²) in [6.07, 6.45) is 0. The van der Waals surface area contributed by atoms with Gasteiger partial charge in [0, 0.05) is 0 Å². The summed E-state index contributed by atoms with van der Waals surface area (Å²) in [4.78, 5) is 3.87. The fourth-order valence-corrected chi connectivity index (χ4v) is 0.735. The second-order valence-electron chi connectivity index (χ2n) is 1.79. The molecule has 0 fully saturated rings. The number of nitrogens with two attached hydrogens (primary N) is 1. The van der Waals surface area contributed by atoms with Crippen molar-refractivity contribution in [3.05, 3.63) is 30.3 Å². The molecule has 2 nitrogen and oxygen atoms in total. The van der Waals surface area contributed by atoms with Crippen molar-refractivity contribution in [1.29, 1.82) is 0 Å². The predicted molar refractivity (Wildman–Crippen MR) is 45.1 cm³/mol. The zero-order valence-electron chi connectivity index (χ0n) is 5.90. The minimum absolute atomic E-state index is 0. The molecule has 0 aliphatic heterocycles. The zero-order valence-corrected chi connectivity index (χ0v) is 9.55. The number of benzene rings is 1. The molecule has 11 heavy (non-hydrogen) atoms. The average Bonchev–Trinajstić information content (AvgIpc) is 1.88. The van der Waals surface area contributed by atoms with Crippen molar-refractivity contribution < 1.29 is 32.7 Å². The van der Waals surface area contributed by atoms with E-state index in [0.29, 0.717) is 0 Å². The molecule has 0 saturated heterocycles. The first kappa shape index (κ1) is 11.0. The molecule has 0 amide bonds. The molecule has 0 aliphatic rings. The molecule has 0 saturated carbocycles. The number of amidine groups is 1. The van der Waals surface area contributed by atoms with Crippen LogP contribution in [0, 0.1) is 0 Å². The first-order valence-corrected chi connectivity index (χ1v) is 3.26. The summed E-state index contributed by atoms with van der Waals surface area (Å²) in [7, 11) is 0. The van der Waals surface area contributed by atoms with E-state index >= 15 is 0 Å². The van der Waals surface area contributed by atoms with Crippen molar-refractivity contribution in [2.24, 2.45) is 10.7 Å². The van der Waals surface area contributed by atoms with E-state index in [4.69, 9.17) is 5.73 Å². The van der Waals surface area contributed by atoms with Crippen LogP contribution in [0.3, 0.4) is 0 Å². The Hall–Kier alpha value is 0.0139. The topological polar surface area (TPSA) is 38.4 Å². The molecule has 0 aromatic heterocycles. The maximum absolute atomic E-state index is 5.19. The third-order valence-corrected chi connectivity index (χ3v) is 1.09. The smallest absolute Gasteiger partial charge is 0.743 e. The molecular weight excluding hydrogens is 233 g/mol. The fraction of sp³-hybridized carbons (Fsp3) is 0. The van der Waals surface area contributed by atoms with Crippen LogP contribution in [0.25, 0.3) is 0 Å². The van der Waals surface area contributed by atoms with Crippen molar-refractivity contribution in [3.8, 4) is 0 Å². The Kier molecular flexibility index (Phi) is 5.64. The molecule has 0 bridgehead atoms. The van der Waals surface area contributed by atoms with Gasteiger partial charge in [-0.3, -0.25) is 4.99 Å². The van der Waals surface area contributed by atoms with Crippen molar-refractivity contribution in [3.63, 3.8) is 0 Å². The van der Waals surface area contributed by atoms with Crippen molar-refractivity contribution >= 4 is 23.5 Å². The number of nitrogens with zero attached hydrogens (tertiary/aromatic N) is 1. The Morgan fingerprint density at radius 1 is 1.27 bits per heavy atom. The van der Waals surface area contributed by atoms with Gasteiger partial charge in [-0.05, 0) is 17.3 Å². The molecule has 4 heteroatoms. The Morgan fingerprint density at radius 3 is 2.27 bits per heavy atom. The Balaban J connectivity index is 0.000001000. The standard InChI is InChI=1S/C7H8N2S.Y/c8-7(10)9-6-4-2-1-3-5-6;/h1-5H,(H3,8,9,10);/q;+3/p-1. The van der Waals surface area contributed by atoms with Crippen LogP contribution in [0.5, 0.6) is 0 Å². The van der Waals surface area contributed by atoms with Crippen LogP contribution in [0.2, 0.25) is 0 Å². The molecule has 0 unspecified atom stereocenters. The van der Waals surface area contributed by atoms with Crippen LogP contribution in [0.4, 0.5) is 5.69 Å².